The van der Waals surface area contributed by atoms with Crippen LogP contribution in [0.5, 0.6) is 0 Å². The number of benzene rings is 1. The van der Waals surface area contributed by atoms with Gasteiger partial charge in [-0.3, -0.25) is 19.2 Å². The number of hydrogen-bond acceptors (Lipinski definition) is 4. The fraction of sp³-hybridized carbons (Fsp3) is 0.667. The SMILES string of the molecule is CCC(=O)[C@@H]1C[C@]23CCC(=O)CC(C)(C)CCCCc4cc(CCC(C)C)cc5c(C(C)=O)cn(c45)CC(=O)N1[C@@H]2C3. The summed E-state index contributed by atoms with van der Waals surface area (Å²) in [6.07, 6.45) is 11.6. The highest BCUT2D eigenvalue weighted by atomic mass is 16.2. The van der Waals surface area contributed by atoms with Crippen molar-refractivity contribution in [2.75, 3.05) is 0 Å². The van der Waals surface area contributed by atoms with E-state index in [1.165, 1.54) is 11.1 Å². The molecule has 3 atom stereocenters. The van der Waals surface area contributed by atoms with Crippen molar-refractivity contribution in [3.63, 3.8) is 0 Å². The predicted octanol–water partition coefficient (Wildman–Crippen LogP) is 7.26. The topological polar surface area (TPSA) is 76.5 Å². The summed E-state index contributed by atoms with van der Waals surface area (Å²) in [5.41, 5.74) is 3.92. The van der Waals surface area contributed by atoms with Crippen LogP contribution in [0.1, 0.15) is 127 Å². The van der Waals surface area contributed by atoms with Crippen LogP contribution < -0.4 is 0 Å². The summed E-state index contributed by atoms with van der Waals surface area (Å²) in [6, 6.07) is 4.08. The van der Waals surface area contributed by atoms with E-state index in [1.807, 2.05) is 22.6 Å². The van der Waals surface area contributed by atoms with Gasteiger partial charge in [0.15, 0.2) is 11.6 Å². The molecule has 1 aliphatic carbocycles. The Morgan fingerprint density at radius 3 is 2.50 bits per heavy atom. The van der Waals surface area contributed by atoms with Crippen LogP contribution in [0.4, 0.5) is 0 Å². The van der Waals surface area contributed by atoms with Gasteiger partial charge < -0.3 is 9.47 Å². The molecule has 2 aromatic rings. The van der Waals surface area contributed by atoms with Gasteiger partial charge in [-0.15, -0.1) is 0 Å². The van der Waals surface area contributed by atoms with Gasteiger partial charge in [0.2, 0.25) is 5.91 Å². The van der Waals surface area contributed by atoms with Gasteiger partial charge in [-0.2, -0.15) is 0 Å². The van der Waals surface area contributed by atoms with E-state index in [2.05, 4.69) is 39.8 Å². The number of hydrogen-bond donors (Lipinski definition) is 0. The van der Waals surface area contributed by atoms with Crippen molar-refractivity contribution in [2.24, 2.45) is 16.7 Å². The smallest absolute Gasteiger partial charge is 0.243 e. The van der Waals surface area contributed by atoms with E-state index in [9.17, 15) is 19.2 Å². The molecule has 0 spiro atoms. The highest BCUT2D eigenvalue weighted by Crippen LogP contribution is 2.62. The molecular formula is C36H50N2O4. The number of aryl methyl sites for hydroxylation is 2. The molecule has 1 aromatic heterocycles. The Labute approximate surface area is 251 Å². The van der Waals surface area contributed by atoms with E-state index in [-0.39, 0.29) is 40.9 Å². The molecule has 0 N–H and O–H groups in total. The second kappa shape index (κ2) is 11.7. The largest absolute Gasteiger partial charge is 0.337 e. The number of piperidine rings is 1. The molecule has 5 rings (SSSR count). The summed E-state index contributed by atoms with van der Waals surface area (Å²) in [6.45, 7) is 12.5. The fourth-order valence-electron chi connectivity index (χ4n) is 7.90. The Hall–Kier alpha value is -2.76. The molecule has 1 saturated carbocycles. The molecule has 0 radical (unpaired) electrons. The quantitative estimate of drug-likeness (QED) is 0.340. The van der Waals surface area contributed by atoms with Crippen molar-refractivity contribution in [1.29, 1.82) is 0 Å². The van der Waals surface area contributed by atoms with Crippen molar-refractivity contribution < 1.29 is 19.2 Å². The third-order valence-corrected chi connectivity index (χ3v) is 10.4. The van der Waals surface area contributed by atoms with Gasteiger partial charge in [0, 0.05) is 42.5 Å². The molecule has 1 saturated heterocycles. The van der Waals surface area contributed by atoms with Gasteiger partial charge in [0.25, 0.3) is 0 Å². The number of nitrogens with zero attached hydrogens (tertiary/aromatic N) is 2. The summed E-state index contributed by atoms with van der Waals surface area (Å²) in [5.74, 6) is 0.951. The van der Waals surface area contributed by atoms with Crippen LogP contribution >= 0.6 is 0 Å². The minimum atomic E-state index is -0.414. The maximum absolute atomic E-state index is 14.1. The molecule has 2 bridgehead atoms. The Balaban J connectivity index is 1.58. The lowest BCUT2D eigenvalue weighted by atomic mass is 9.80. The Morgan fingerprint density at radius 2 is 1.81 bits per heavy atom. The number of carbonyl (C=O) groups excluding carboxylic acids is 4. The van der Waals surface area contributed by atoms with Crippen LogP contribution in [-0.4, -0.2) is 44.8 Å². The van der Waals surface area contributed by atoms with Crippen LogP contribution in [0.2, 0.25) is 0 Å². The molecule has 0 unspecified atom stereocenters. The average molecular weight is 575 g/mol. The molecule has 3 heterocycles. The zero-order chi connectivity index (χ0) is 30.4. The molecule has 3 aliphatic rings. The molecule has 1 aromatic carbocycles. The van der Waals surface area contributed by atoms with E-state index in [0.29, 0.717) is 42.9 Å². The fourth-order valence-corrected chi connectivity index (χ4v) is 7.90. The van der Waals surface area contributed by atoms with Crippen LogP contribution in [-0.2, 0) is 33.8 Å². The first kappa shape index (κ1) is 30.7. The molecule has 2 aliphatic heterocycles. The van der Waals surface area contributed by atoms with Crippen molar-refractivity contribution in [2.45, 2.75) is 137 Å². The van der Waals surface area contributed by atoms with Gasteiger partial charge in [-0.05, 0) is 92.2 Å². The van der Waals surface area contributed by atoms with Crippen molar-refractivity contribution in [3.05, 3.63) is 35.0 Å². The van der Waals surface area contributed by atoms with E-state index in [1.54, 1.807) is 6.92 Å². The minimum Gasteiger partial charge on any atom is -0.337 e. The zero-order valence-corrected chi connectivity index (χ0v) is 26.7. The number of Topliss-reactive ketones (excluding diaryl/α,β-unsaturated/α-hetero) is 3. The second-order valence-electron chi connectivity index (χ2n) is 14.8. The number of ketones is 3. The van der Waals surface area contributed by atoms with Crippen LogP contribution in [0.15, 0.2) is 18.3 Å². The number of amides is 1. The van der Waals surface area contributed by atoms with Crippen molar-refractivity contribution >= 4 is 34.2 Å². The normalized spacial score (nSPS) is 26.4. The van der Waals surface area contributed by atoms with E-state index < -0.39 is 6.04 Å². The standard InChI is InChI=1S/C36H50N2O4/c1-7-31(41)30-19-36-15-13-27(40)18-35(5,6)14-9-8-10-26-16-25(12-11-23(2)3)17-28-29(24(4)39)21-37(34(26)28)22-33(42)38(30)32(36)20-36/h16-17,21,23,30,32H,7-15,18-20,22H2,1-6H3/t30-,32+,36-/m0/s1. The van der Waals surface area contributed by atoms with Crippen LogP contribution in [0.3, 0.4) is 0 Å². The molecule has 6 heteroatoms. The lowest BCUT2D eigenvalue weighted by molar-refractivity contribution is -0.139. The van der Waals surface area contributed by atoms with E-state index >= 15 is 0 Å². The van der Waals surface area contributed by atoms with Gasteiger partial charge in [0.05, 0.1) is 11.6 Å². The first-order chi connectivity index (χ1) is 19.8. The lowest BCUT2D eigenvalue weighted by Gasteiger charge is -2.27. The number of carbonyl (C=O) groups is 4. The lowest BCUT2D eigenvalue weighted by Crippen LogP contribution is -2.44. The summed E-state index contributed by atoms with van der Waals surface area (Å²) < 4.78 is 2.00. The summed E-state index contributed by atoms with van der Waals surface area (Å²) >= 11 is 0. The first-order valence-corrected chi connectivity index (χ1v) is 16.4. The van der Waals surface area contributed by atoms with Gasteiger partial charge >= 0.3 is 0 Å². The number of rotatable bonds is 6. The van der Waals surface area contributed by atoms with Crippen molar-refractivity contribution in [3.8, 4) is 0 Å². The first-order valence-electron chi connectivity index (χ1n) is 16.4. The highest BCUT2D eigenvalue weighted by Gasteiger charge is 2.66. The molecule has 42 heavy (non-hydrogen) atoms. The maximum Gasteiger partial charge on any atom is 0.243 e. The third kappa shape index (κ3) is 6.14. The molecule has 228 valence electrons. The van der Waals surface area contributed by atoms with Gasteiger partial charge in [-0.1, -0.05) is 47.1 Å². The van der Waals surface area contributed by atoms with E-state index in [4.69, 9.17) is 0 Å². The summed E-state index contributed by atoms with van der Waals surface area (Å²) in [4.78, 5) is 55.1. The predicted molar refractivity (Wildman–Crippen MR) is 167 cm³/mol. The zero-order valence-electron chi connectivity index (χ0n) is 26.7. The average Bonchev–Trinajstić information content (AvgIpc) is 3.33. The summed E-state index contributed by atoms with van der Waals surface area (Å²) in [7, 11) is 0. The third-order valence-electron chi connectivity index (χ3n) is 10.4. The molecule has 1 amide bonds. The molecule has 6 nitrogen and oxygen atoms in total. The summed E-state index contributed by atoms with van der Waals surface area (Å²) in [5, 5.41) is 0.943. The number of aromatic nitrogens is 1. The Morgan fingerprint density at radius 1 is 1.05 bits per heavy atom. The van der Waals surface area contributed by atoms with Gasteiger partial charge in [-0.25, -0.2) is 0 Å². The highest BCUT2D eigenvalue weighted by molar-refractivity contribution is 6.08. The van der Waals surface area contributed by atoms with Crippen LogP contribution in [0.25, 0.3) is 10.9 Å². The molecule has 2 fully saturated rings. The van der Waals surface area contributed by atoms with E-state index in [0.717, 1.165) is 62.3 Å². The monoisotopic (exact) mass is 574 g/mol. The van der Waals surface area contributed by atoms with Crippen LogP contribution in [0, 0.1) is 16.7 Å². The van der Waals surface area contributed by atoms with Gasteiger partial charge in [0.1, 0.15) is 12.3 Å². The second-order valence-corrected chi connectivity index (χ2v) is 14.8. The maximum atomic E-state index is 14.1. The molecular weight excluding hydrogens is 524 g/mol. The Kier molecular flexibility index (Phi) is 8.57. The van der Waals surface area contributed by atoms with Crippen molar-refractivity contribution in [1.82, 2.24) is 9.47 Å². The Bertz CT molecular complexity index is 1400. The minimum absolute atomic E-state index is 0.00753.